The van der Waals surface area contributed by atoms with E-state index >= 15 is 0 Å². The van der Waals surface area contributed by atoms with Gasteiger partial charge in [0, 0.05) is 33.7 Å². The summed E-state index contributed by atoms with van der Waals surface area (Å²) in [5, 5.41) is 7.97. The zero-order valence-electron chi connectivity index (χ0n) is 14.9. The van der Waals surface area contributed by atoms with Crippen molar-refractivity contribution >= 4 is 22.4 Å². The second-order valence-corrected chi connectivity index (χ2v) is 7.25. The Hall–Kier alpha value is -2.61. The number of carbonyl (C=O) groups is 1. The SMILES string of the molecule is Cc1cc(C)nc(-n2nc(C)c(CC(=O)Nc3ncc(C)s3)c2C)n1. The first kappa shape index (κ1) is 17.2. The number of aryl methyl sites for hydroxylation is 4. The van der Waals surface area contributed by atoms with Crippen LogP contribution in [0.4, 0.5) is 5.13 Å². The van der Waals surface area contributed by atoms with Gasteiger partial charge in [-0.05, 0) is 40.7 Å². The van der Waals surface area contributed by atoms with Crippen LogP contribution < -0.4 is 5.32 Å². The zero-order chi connectivity index (χ0) is 18.1. The normalized spacial score (nSPS) is 10.9. The van der Waals surface area contributed by atoms with Gasteiger partial charge in [0.1, 0.15) is 0 Å². The molecule has 3 aromatic rings. The Bertz CT molecular complexity index is 923. The Kier molecular flexibility index (Phi) is 4.63. The number of hydrogen-bond donors (Lipinski definition) is 1. The number of nitrogens with zero attached hydrogens (tertiary/aromatic N) is 5. The molecule has 1 N–H and O–H groups in total. The molecule has 0 aliphatic heterocycles. The highest BCUT2D eigenvalue weighted by molar-refractivity contribution is 7.15. The van der Waals surface area contributed by atoms with Crippen molar-refractivity contribution in [2.45, 2.75) is 41.0 Å². The van der Waals surface area contributed by atoms with Crippen molar-refractivity contribution in [1.29, 1.82) is 0 Å². The summed E-state index contributed by atoms with van der Waals surface area (Å²) in [7, 11) is 0. The van der Waals surface area contributed by atoms with Crippen molar-refractivity contribution in [1.82, 2.24) is 24.7 Å². The highest BCUT2D eigenvalue weighted by Gasteiger charge is 2.18. The van der Waals surface area contributed by atoms with Crippen molar-refractivity contribution in [3.63, 3.8) is 0 Å². The predicted octanol–water partition coefficient (Wildman–Crippen LogP) is 2.84. The molecule has 0 radical (unpaired) electrons. The van der Waals surface area contributed by atoms with Crippen molar-refractivity contribution in [2.24, 2.45) is 0 Å². The van der Waals surface area contributed by atoms with Crippen LogP contribution >= 0.6 is 11.3 Å². The highest BCUT2D eigenvalue weighted by atomic mass is 32.1. The van der Waals surface area contributed by atoms with E-state index in [4.69, 9.17) is 0 Å². The minimum atomic E-state index is -0.110. The highest BCUT2D eigenvalue weighted by Crippen LogP contribution is 2.20. The number of rotatable bonds is 4. The van der Waals surface area contributed by atoms with Gasteiger partial charge in [0.05, 0.1) is 12.1 Å². The van der Waals surface area contributed by atoms with E-state index in [1.807, 2.05) is 40.7 Å². The number of thiazole rings is 1. The number of carbonyl (C=O) groups excluding carboxylic acids is 1. The summed E-state index contributed by atoms with van der Waals surface area (Å²) in [6.07, 6.45) is 1.98. The average molecular weight is 356 g/mol. The fourth-order valence-corrected chi connectivity index (χ4v) is 3.34. The second kappa shape index (κ2) is 6.72. The number of aromatic nitrogens is 5. The Morgan fingerprint density at radius 2 is 1.84 bits per heavy atom. The number of hydrogen-bond acceptors (Lipinski definition) is 6. The molecule has 0 aromatic carbocycles. The molecule has 8 heteroatoms. The first-order valence-corrected chi connectivity index (χ1v) is 8.75. The minimum Gasteiger partial charge on any atom is -0.302 e. The van der Waals surface area contributed by atoms with Crippen molar-refractivity contribution in [3.8, 4) is 5.95 Å². The number of amides is 1. The van der Waals surface area contributed by atoms with Gasteiger partial charge in [0.15, 0.2) is 5.13 Å². The molecule has 25 heavy (non-hydrogen) atoms. The molecule has 0 aliphatic rings. The summed E-state index contributed by atoms with van der Waals surface area (Å²) in [5.74, 6) is 0.418. The summed E-state index contributed by atoms with van der Waals surface area (Å²) in [4.78, 5) is 26.5. The van der Waals surface area contributed by atoms with Gasteiger partial charge in [0.25, 0.3) is 5.95 Å². The van der Waals surface area contributed by atoms with Crippen molar-refractivity contribution < 1.29 is 4.79 Å². The topological polar surface area (TPSA) is 85.6 Å². The van der Waals surface area contributed by atoms with Crippen molar-refractivity contribution in [2.75, 3.05) is 5.32 Å². The smallest absolute Gasteiger partial charge is 0.251 e. The van der Waals surface area contributed by atoms with Gasteiger partial charge in [-0.15, -0.1) is 11.3 Å². The van der Waals surface area contributed by atoms with Crippen molar-refractivity contribution in [3.05, 3.63) is 45.5 Å². The van der Waals surface area contributed by atoms with Crippen LogP contribution in [0.1, 0.15) is 33.2 Å². The van der Waals surface area contributed by atoms with E-state index in [0.717, 1.165) is 33.2 Å². The lowest BCUT2D eigenvalue weighted by atomic mass is 10.1. The molecule has 0 saturated carbocycles. The molecule has 0 spiro atoms. The van der Waals surface area contributed by atoms with E-state index in [0.29, 0.717) is 11.1 Å². The molecule has 0 unspecified atom stereocenters. The van der Waals surface area contributed by atoms with E-state index < -0.39 is 0 Å². The van der Waals surface area contributed by atoms with Gasteiger partial charge >= 0.3 is 0 Å². The monoisotopic (exact) mass is 356 g/mol. The average Bonchev–Trinajstić information content (AvgIpc) is 3.04. The summed E-state index contributed by atoms with van der Waals surface area (Å²) in [5.41, 5.74) is 4.31. The quantitative estimate of drug-likeness (QED) is 0.777. The third-order valence-corrected chi connectivity index (χ3v) is 4.63. The van der Waals surface area contributed by atoms with Crippen LogP contribution in [-0.2, 0) is 11.2 Å². The first-order valence-electron chi connectivity index (χ1n) is 7.93. The van der Waals surface area contributed by atoms with Crippen LogP contribution in [0.3, 0.4) is 0 Å². The number of anilines is 1. The van der Waals surface area contributed by atoms with Gasteiger partial charge in [0.2, 0.25) is 5.91 Å². The van der Waals surface area contributed by atoms with Crippen LogP contribution in [-0.4, -0.2) is 30.6 Å². The Balaban J connectivity index is 1.85. The summed E-state index contributed by atoms with van der Waals surface area (Å²) in [6, 6.07) is 1.92. The van der Waals surface area contributed by atoms with Crippen LogP contribution in [0.25, 0.3) is 5.95 Å². The molecule has 3 heterocycles. The molecule has 3 rings (SSSR count). The maximum atomic E-state index is 12.3. The third-order valence-electron chi connectivity index (χ3n) is 3.81. The minimum absolute atomic E-state index is 0.110. The van der Waals surface area contributed by atoms with E-state index in [-0.39, 0.29) is 12.3 Å². The van der Waals surface area contributed by atoms with Gasteiger partial charge < -0.3 is 5.32 Å². The maximum absolute atomic E-state index is 12.3. The molecular formula is C17H20N6OS. The lowest BCUT2D eigenvalue weighted by Crippen LogP contribution is -2.15. The number of nitrogens with one attached hydrogen (secondary N) is 1. The molecule has 3 aromatic heterocycles. The van der Waals surface area contributed by atoms with Crippen LogP contribution in [0.2, 0.25) is 0 Å². The van der Waals surface area contributed by atoms with Crippen LogP contribution in [0.15, 0.2) is 12.3 Å². The standard InChI is InChI=1S/C17H20N6OS/c1-9-6-10(2)20-16(19-9)23-13(5)14(12(4)22-23)7-15(24)21-17-18-8-11(3)25-17/h6,8H,7H2,1-5H3,(H,18,21,24). The summed E-state index contributed by atoms with van der Waals surface area (Å²) < 4.78 is 1.70. The van der Waals surface area contributed by atoms with Gasteiger partial charge in [-0.2, -0.15) is 5.10 Å². The molecule has 0 atom stereocenters. The van der Waals surface area contributed by atoms with Gasteiger partial charge in [-0.1, -0.05) is 0 Å². The van der Waals surface area contributed by atoms with Crippen LogP contribution in [0, 0.1) is 34.6 Å². The van der Waals surface area contributed by atoms with E-state index in [2.05, 4.69) is 25.4 Å². The predicted molar refractivity (Wildman–Crippen MR) is 97.3 cm³/mol. The summed E-state index contributed by atoms with van der Waals surface area (Å²) >= 11 is 1.46. The maximum Gasteiger partial charge on any atom is 0.251 e. The zero-order valence-corrected chi connectivity index (χ0v) is 15.7. The summed E-state index contributed by atoms with van der Waals surface area (Å²) in [6.45, 7) is 9.62. The molecule has 130 valence electrons. The van der Waals surface area contributed by atoms with E-state index in [1.54, 1.807) is 10.9 Å². The first-order chi connectivity index (χ1) is 11.8. The molecule has 0 saturated heterocycles. The molecule has 7 nitrogen and oxygen atoms in total. The molecule has 0 fully saturated rings. The third kappa shape index (κ3) is 3.74. The van der Waals surface area contributed by atoms with Gasteiger partial charge in [-0.25, -0.2) is 19.6 Å². The molecular weight excluding hydrogens is 336 g/mol. The Labute approximate surface area is 150 Å². The second-order valence-electron chi connectivity index (χ2n) is 6.01. The largest absolute Gasteiger partial charge is 0.302 e. The Morgan fingerprint density at radius 3 is 2.44 bits per heavy atom. The molecule has 0 bridgehead atoms. The molecule has 1 amide bonds. The van der Waals surface area contributed by atoms with Gasteiger partial charge in [-0.3, -0.25) is 4.79 Å². The lowest BCUT2D eigenvalue weighted by molar-refractivity contribution is -0.115. The van der Waals surface area contributed by atoms with Crippen LogP contribution in [0.5, 0.6) is 0 Å². The lowest BCUT2D eigenvalue weighted by Gasteiger charge is -2.06. The fourth-order valence-electron chi connectivity index (χ4n) is 2.66. The van der Waals surface area contributed by atoms with E-state index in [9.17, 15) is 4.79 Å². The fraction of sp³-hybridized carbons (Fsp3) is 0.353. The van der Waals surface area contributed by atoms with E-state index in [1.165, 1.54) is 11.3 Å². The molecule has 0 aliphatic carbocycles. The Morgan fingerprint density at radius 1 is 1.16 bits per heavy atom.